The van der Waals surface area contributed by atoms with E-state index in [9.17, 15) is 0 Å². The molecule has 1 aromatic carbocycles. The number of thiophene rings is 1. The zero-order chi connectivity index (χ0) is 13.6. The third-order valence-corrected chi connectivity index (χ3v) is 5.30. The maximum absolute atomic E-state index is 6.45. The number of ether oxygens (including phenoxy) is 1. The molecule has 100 valence electrons. The van der Waals surface area contributed by atoms with Crippen LogP contribution in [-0.2, 0) is 6.42 Å². The molecule has 3 rings (SSSR count). The lowest BCUT2D eigenvalue weighted by Gasteiger charge is -2.15. The molecular formula is C15H16BrNOS. The van der Waals surface area contributed by atoms with Gasteiger partial charge in [0.2, 0.25) is 0 Å². The van der Waals surface area contributed by atoms with Gasteiger partial charge in [0.25, 0.3) is 0 Å². The highest BCUT2D eigenvalue weighted by molar-refractivity contribution is 9.10. The first kappa shape index (κ1) is 13.2. The molecule has 2 heterocycles. The Balaban J connectivity index is 2.07. The summed E-state index contributed by atoms with van der Waals surface area (Å²) in [6.45, 7) is 5.02. The summed E-state index contributed by atoms with van der Waals surface area (Å²) in [4.78, 5) is 2.53. The third-order valence-electron chi connectivity index (χ3n) is 3.60. The molecule has 0 radical (unpaired) electrons. The molecule has 2 nitrogen and oxygen atoms in total. The van der Waals surface area contributed by atoms with Gasteiger partial charge in [-0.25, -0.2) is 0 Å². The van der Waals surface area contributed by atoms with E-state index in [2.05, 4.69) is 48.0 Å². The second kappa shape index (κ2) is 4.93. The number of nitrogens with two attached hydrogens (primary N) is 1. The quantitative estimate of drug-likeness (QED) is 0.894. The van der Waals surface area contributed by atoms with Crippen LogP contribution in [0.1, 0.15) is 32.5 Å². The average Bonchev–Trinajstić information content (AvgIpc) is 2.95. The van der Waals surface area contributed by atoms with E-state index >= 15 is 0 Å². The van der Waals surface area contributed by atoms with Crippen LogP contribution in [0.5, 0.6) is 5.75 Å². The van der Waals surface area contributed by atoms with E-state index in [1.807, 2.05) is 0 Å². The number of benzene rings is 1. The number of halogens is 1. The minimum Gasteiger partial charge on any atom is -0.493 e. The summed E-state index contributed by atoms with van der Waals surface area (Å²) < 4.78 is 6.84. The Morgan fingerprint density at radius 3 is 2.79 bits per heavy atom. The summed E-state index contributed by atoms with van der Waals surface area (Å²) >= 11 is 5.34. The monoisotopic (exact) mass is 337 g/mol. The number of rotatable bonds is 2. The smallest absolute Gasteiger partial charge is 0.127 e. The van der Waals surface area contributed by atoms with Gasteiger partial charge in [0.1, 0.15) is 5.75 Å². The molecule has 1 aliphatic heterocycles. The lowest BCUT2D eigenvalue weighted by Crippen LogP contribution is -2.11. The van der Waals surface area contributed by atoms with Gasteiger partial charge >= 0.3 is 0 Å². The van der Waals surface area contributed by atoms with Gasteiger partial charge in [-0.15, -0.1) is 11.3 Å². The van der Waals surface area contributed by atoms with Crippen LogP contribution < -0.4 is 10.5 Å². The SMILES string of the molecule is Cc1cc(C(N)c2cc(Br)cc3c2OCC3)sc1C. The van der Waals surface area contributed by atoms with Crippen molar-refractivity contribution in [3.8, 4) is 5.75 Å². The van der Waals surface area contributed by atoms with E-state index in [0.717, 1.165) is 28.8 Å². The van der Waals surface area contributed by atoms with Gasteiger partial charge < -0.3 is 10.5 Å². The first-order valence-electron chi connectivity index (χ1n) is 6.34. The molecule has 0 saturated carbocycles. The van der Waals surface area contributed by atoms with Crippen molar-refractivity contribution in [2.75, 3.05) is 6.61 Å². The second-order valence-corrected chi connectivity index (χ2v) is 7.15. The molecule has 0 aliphatic carbocycles. The summed E-state index contributed by atoms with van der Waals surface area (Å²) in [6.07, 6.45) is 0.969. The molecule has 19 heavy (non-hydrogen) atoms. The second-order valence-electron chi connectivity index (χ2n) is 4.95. The van der Waals surface area contributed by atoms with Gasteiger partial charge in [-0.1, -0.05) is 15.9 Å². The van der Waals surface area contributed by atoms with Crippen LogP contribution in [0.25, 0.3) is 0 Å². The zero-order valence-corrected chi connectivity index (χ0v) is 13.4. The molecule has 2 aromatic rings. The molecule has 0 amide bonds. The number of aryl methyl sites for hydroxylation is 2. The third kappa shape index (κ3) is 2.33. The molecule has 1 unspecified atom stereocenters. The first-order valence-corrected chi connectivity index (χ1v) is 7.95. The summed E-state index contributed by atoms with van der Waals surface area (Å²) in [5.74, 6) is 0.986. The topological polar surface area (TPSA) is 35.2 Å². The van der Waals surface area contributed by atoms with Crippen molar-refractivity contribution in [2.24, 2.45) is 5.73 Å². The molecule has 1 atom stereocenters. The predicted octanol–water partition coefficient (Wildman–Crippen LogP) is 4.11. The van der Waals surface area contributed by atoms with E-state index in [4.69, 9.17) is 10.5 Å². The van der Waals surface area contributed by atoms with Gasteiger partial charge in [-0.05, 0) is 43.2 Å². The highest BCUT2D eigenvalue weighted by Gasteiger charge is 2.23. The van der Waals surface area contributed by atoms with E-state index in [-0.39, 0.29) is 6.04 Å². The standard InChI is InChI=1S/C15H16BrNOS/c1-8-5-13(19-9(8)2)14(17)12-7-11(16)6-10-3-4-18-15(10)12/h5-7,14H,3-4,17H2,1-2H3. The fourth-order valence-electron chi connectivity index (χ4n) is 2.44. The van der Waals surface area contributed by atoms with Crippen molar-refractivity contribution in [3.05, 3.63) is 49.1 Å². The van der Waals surface area contributed by atoms with Crippen LogP contribution in [0.2, 0.25) is 0 Å². The molecule has 0 saturated heterocycles. The average molecular weight is 338 g/mol. The molecule has 1 aromatic heterocycles. The molecule has 0 spiro atoms. The van der Waals surface area contributed by atoms with Gasteiger partial charge in [0.15, 0.2) is 0 Å². The van der Waals surface area contributed by atoms with Gasteiger partial charge in [-0.2, -0.15) is 0 Å². The van der Waals surface area contributed by atoms with Crippen LogP contribution in [0, 0.1) is 13.8 Å². The highest BCUT2D eigenvalue weighted by atomic mass is 79.9. The Hall–Kier alpha value is -0.840. The molecule has 0 bridgehead atoms. The Morgan fingerprint density at radius 1 is 1.32 bits per heavy atom. The molecule has 0 fully saturated rings. The number of hydrogen-bond donors (Lipinski definition) is 1. The van der Waals surface area contributed by atoms with E-state index in [1.54, 1.807) is 11.3 Å². The van der Waals surface area contributed by atoms with Crippen molar-refractivity contribution in [3.63, 3.8) is 0 Å². The van der Waals surface area contributed by atoms with Crippen LogP contribution in [0.15, 0.2) is 22.7 Å². The summed E-state index contributed by atoms with van der Waals surface area (Å²) in [7, 11) is 0. The highest BCUT2D eigenvalue weighted by Crippen LogP contribution is 2.39. The van der Waals surface area contributed by atoms with Gasteiger partial charge in [-0.3, -0.25) is 0 Å². The van der Waals surface area contributed by atoms with E-state index < -0.39 is 0 Å². The Labute approximate surface area is 125 Å². The van der Waals surface area contributed by atoms with Crippen LogP contribution in [0.4, 0.5) is 0 Å². The van der Waals surface area contributed by atoms with Crippen molar-refractivity contribution in [2.45, 2.75) is 26.3 Å². The van der Waals surface area contributed by atoms with Crippen molar-refractivity contribution >= 4 is 27.3 Å². The van der Waals surface area contributed by atoms with Crippen molar-refractivity contribution in [1.29, 1.82) is 0 Å². The lowest BCUT2D eigenvalue weighted by molar-refractivity contribution is 0.352. The van der Waals surface area contributed by atoms with Crippen molar-refractivity contribution in [1.82, 2.24) is 0 Å². The summed E-state index contributed by atoms with van der Waals surface area (Å²) in [5, 5.41) is 0. The van der Waals surface area contributed by atoms with Gasteiger partial charge in [0.05, 0.1) is 12.6 Å². The van der Waals surface area contributed by atoms with E-state index in [1.165, 1.54) is 20.9 Å². The number of fused-ring (bicyclic) bond motifs is 1. The summed E-state index contributed by atoms with van der Waals surface area (Å²) in [5.41, 5.74) is 10.1. The molecule has 4 heteroatoms. The Morgan fingerprint density at radius 2 is 2.11 bits per heavy atom. The Bertz CT molecular complexity index is 616. The Kier molecular flexibility index (Phi) is 3.41. The normalized spacial score (nSPS) is 15.2. The fraction of sp³-hybridized carbons (Fsp3) is 0.333. The first-order chi connectivity index (χ1) is 9.06. The molecule has 2 N–H and O–H groups in total. The van der Waals surface area contributed by atoms with Crippen LogP contribution >= 0.6 is 27.3 Å². The minimum atomic E-state index is -0.109. The van der Waals surface area contributed by atoms with Gasteiger partial charge in [0, 0.05) is 26.2 Å². The molecular weight excluding hydrogens is 322 g/mol. The maximum Gasteiger partial charge on any atom is 0.127 e. The fourth-order valence-corrected chi connectivity index (χ4v) is 4.02. The predicted molar refractivity (Wildman–Crippen MR) is 83.2 cm³/mol. The molecule has 1 aliphatic rings. The zero-order valence-electron chi connectivity index (χ0n) is 11.0. The lowest BCUT2D eigenvalue weighted by atomic mass is 10.0. The minimum absolute atomic E-state index is 0.109. The maximum atomic E-state index is 6.45. The summed E-state index contributed by atoms with van der Waals surface area (Å²) in [6, 6.07) is 6.29. The van der Waals surface area contributed by atoms with Crippen molar-refractivity contribution < 1.29 is 4.74 Å². The number of hydrogen-bond acceptors (Lipinski definition) is 3. The largest absolute Gasteiger partial charge is 0.493 e. The van der Waals surface area contributed by atoms with Crippen LogP contribution in [0.3, 0.4) is 0 Å². The van der Waals surface area contributed by atoms with Crippen LogP contribution in [-0.4, -0.2) is 6.61 Å². The van der Waals surface area contributed by atoms with E-state index in [0.29, 0.717) is 0 Å².